The summed E-state index contributed by atoms with van der Waals surface area (Å²) >= 11 is 1.78. The minimum atomic E-state index is 0.883. The molecule has 0 radical (unpaired) electrons. The Balaban J connectivity index is 3.59. The third-order valence-corrected chi connectivity index (χ3v) is 2.38. The summed E-state index contributed by atoms with van der Waals surface area (Å²) in [5, 5.41) is 2.05. The van der Waals surface area contributed by atoms with E-state index >= 15 is 0 Å². The molecule has 0 aliphatic rings. The van der Waals surface area contributed by atoms with Crippen LogP contribution in [0, 0.1) is 11.8 Å². The average Bonchev–Trinajstić information content (AvgIpc) is 2.17. The minimum absolute atomic E-state index is 0.883. The molecule has 0 aromatic heterocycles. The van der Waals surface area contributed by atoms with Crippen molar-refractivity contribution in [3.05, 3.63) is 11.5 Å². The number of nitrogens with zero attached hydrogens (tertiary/aromatic N) is 1. The van der Waals surface area contributed by atoms with Gasteiger partial charge in [0, 0.05) is 0 Å². The van der Waals surface area contributed by atoms with Crippen LogP contribution in [0.4, 0.5) is 0 Å². The fourth-order valence-electron chi connectivity index (χ4n) is 0.842. The summed E-state index contributed by atoms with van der Waals surface area (Å²) in [7, 11) is 0. The molecule has 0 heterocycles. The van der Waals surface area contributed by atoms with Gasteiger partial charge >= 0.3 is 0 Å². The van der Waals surface area contributed by atoms with Crippen LogP contribution in [-0.2, 0) is 0 Å². The van der Waals surface area contributed by atoms with Gasteiger partial charge in [-0.25, -0.2) is 0 Å². The van der Waals surface area contributed by atoms with E-state index in [1.165, 1.54) is 0 Å². The smallest absolute Gasteiger partial charge is 0.0604 e. The normalized spacial score (nSPS) is 10.5. The summed E-state index contributed by atoms with van der Waals surface area (Å²) in [6.45, 7) is 9.51. The molecule has 0 spiro atoms. The molecule has 0 amide bonds. The SMILES string of the molecule is CCSC=CC#CCN(CC)CC. The number of rotatable bonds is 5. The van der Waals surface area contributed by atoms with Crippen LogP contribution in [0.1, 0.15) is 20.8 Å². The molecule has 0 saturated heterocycles. The molecule has 0 aliphatic carbocycles. The van der Waals surface area contributed by atoms with E-state index in [0.29, 0.717) is 0 Å². The van der Waals surface area contributed by atoms with Crippen molar-refractivity contribution in [3.63, 3.8) is 0 Å². The molecular formula is C11H19NS. The number of thioether (sulfide) groups is 1. The van der Waals surface area contributed by atoms with E-state index in [1.807, 2.05) is 6.08 Å². The summed E-state index contributed by atoms with van der Waals surface area (Å²) in [4.78, 5) is 2.30. The van der Waals surface area contributed by atoms with E-state index in [-0.39, 0.29) is 0 Å². The molecule has 0 N–H and O–H groups in total. The van der Waals surface area contributed by atoms with Gasteiger partial charge < -0.3 is 0 Å². The van der Waals surface area contributed by atoms with E-state index in [1.54, 1.807) is 11.8 Å². The lowest BCUT2D eigenvalue weighted by atomic mass is 10.4. The Morgan fingerprint density at radius 3 is 2.46 bits per heavy atom. The molecule has 2 heteroatoms. The van der Waals surface area contributed by atoms with Crippen molar-refractivity contribution in [2.24, 2.45) is 0 Å². The van der Waals surface area contributed by atoms with Gasteiger partial charge in [0.05, 0.1) is 6.54 Å². The Morgan fingerprint density at radius 2 is 1.92 bits per heavy atom. The van der Waals surface area contributed by atoms with Gasteiger partial charge in [-0.2, -0.15) is 0 Å². The molecule has 0 fully saturated rings. The van der Waals surface area contributed by atoms with E-state index in [2.05, 4.69) is 42.9 Å². The minimum Gasteiger partial charge on any atom is -0.293 e. The molecule has 13 heavy (non-hydrogen) atoms. The summed E-state index contributed by atoms with van der Waals surface area (Å²) in [5.41, 5.74) is 0. The van der Waals surface area contributed by atoms with Crippen LogP contribution in [0.3, 0.4) is 0 Å². The largest absolute Gasteiger partial charge is 0.293 e. The number of hydrogen-bond acceptors (Lipinski definition) is 2. The van der Waals surface area contributed by atoms with Gasteiger partial charge in [0.25, 0.3) is 0 Å². The fourth-order valence-corrected chi connectivity index (χ4v) is 1.20. The van der Waals surface area contributed by atoms with Crippen LogP contribution in [0.5, 0.6) is 0 Å². The van der Waals surface area contributed by atoms with Gasteiger partial charge in [-0.3, -0.25) is 4.90 Å². The fraction of sp³-hybridized carbons (Fsp3) is 0.636. The third kappa shape index (κ3) is 7.95. The first-order valence-corrected chi connectivity index (χ1v) is 5.87. The molecule has 1 nitrogen and oxygen atoms in total. The molecule has 0 unspecified atom stereocenters. The Labute approximate surface area is 86.6 Å². The third-order valence-electron chi connectivity index (χ3n) is 1.71. The summed E-state index contributed by atoms with van der Waals surface area (Å²) in [6, 6.07) is 0. The van der Waals surface area contributed by atoms with Gasteiger partial charge in [0.15, 0.2) is 0 Å². The Kier molecular flexibility index (Phi) is 9.41. The predicted octanol–water partition coefficient (Wildman–Crippen LogP) is 2.60. The maximum Gasteiger partial charge on any atom is 0.0604 e. The van der Waals surface area contributed by atoms with Crippen LogP contribution in [0.15, 0.2) is 11.5 Å². The highest BCUT2D eigenvalue weighted by atomic mass is 32.2. The summed E-state index contributed by atoms with van der Waals surface area (Å²) in [5.74, 6) is 7.27. The molecule has 0 aromatic rings. The molecule has 0 atom stereocenters. The molecule has 0 rings (SSSR count). The zero-order valence-electron chi connectivity index (χ0n) is 8.84. The number of allylic oxidation sites excluding steroid dienone is 1. The second-order valence-electron chi connectivity index (χ2n) is 2.54. The highest BCUT2D eigenvalue weighted by molar-refractivity contribution is 8.02. The van der Waals surface area contributed by atoms with E-state index in [4.69, 9.17) is 0 Å². The lowest BCUT2D eigenvalue weighted by Crippen LogP contribution is -2.22. The molecular weight excluding hydrogens is 178 g/mol. The predicted molar refractivity (Wildman–Crippen MR) is 62.8 cm³/mol. The Bertz CT molecular complexity index is 184. The van der Waals surface area contributed by atoms with Crippen molar-refractivity contribution in [2.75, 3.05) is 25.4 Å². The zero-order valence-corrected chi connectivity index (χ0v) is 9.66. The van der Waals surface area contributed by atoms with Crippen molar-refractivity contribution in [2.45, 2.75) is 20.8 Å². The van der Waals surface area contributed by atoms with Crippen molar-refractivity contribution < 1.29 is 0 Å². The maximum atomic E-state index is 3.12. The first-order chi connectivity index (χ1) is 6.35. The van der Waals surface area contributed by atoms with Crippen LogP contribution >= 0.6 is 11.8 Å². The van der Waals surface area contributed by atoms with Crippen molar-refractivity contribution >= 4 is 11.8 Å². The van der Waals surface area contributed by atoms with Crippen LogP contribution < -0.4 is 0 Å². The first-order valence-electron chi connectivity index (χ1n) is 4.82. The van der Waals surface area contributed by atoms with Crippen LogP contribution in [0.25, 0.3) is 0 Å². The molecule has 0 aromatic carbocycles. The number of hydrogen-bond donors (Lipinski definition) is 0. The lowest BCUT2D eigenvalue weighted by molar-refractivity contribution is 0.342. The quantitative estimate of drug-likeness (QED) is 0.623. The van der Waals surface area contributed by atoms with Gasteiger partial charge in [-0.15, -0.1) is 11.8 Å². The van der Waals surface area contributed by atoms with Gasteiger partial charge in [0.2, 0.25) is 0 Å². The summed E-state index contributed by atoms with van der Waals surface area (Å²) in [6.07, 6.45) is 1.93. The van der Waals surface area contributed by atoms with Crippen molar-refractivity contribution in [1.29, 1.82) is 0 Å². The maximum absolute atomic E-state index is 3.12. The molecule has 0 bridgehead atoms. The van der Waals surface area contributed by atoms with E-state index in [0.717, 1.165) is 25.4 Å². The van der Waals surface area contributed by atoms with Crippen LogP contribution in [-0.4, -0.2) is 30.3 Å². The first kappa shape index (κ1) is 12.6. The second kappa shape index (κ2) is 9.70. The monoisotopic (exact) mass is 197 g/mol. The molecule has 0 aliphatic heterocycles. The Morgan fingerprint density at radius 1 is 1.23 bits per heavy atom. The van der Waals surface area contributed by atoms with Crippen molar-refractivity contribution in [3.8, 4) is 11.8 Å². The topological polar surface area (TPSA) is 3.24 Å². The van der Waals surface area contributed by atoms with Crippen molar-refractivity contribution in [1.82, 2.24) is 4.90 Å². The van der Waals surface area contributed by atoms with E-state index < -0.39 is 0 Å². The van der Waals surface area contributed by atoms with Gasteiger partial charge in [-0.05, 0) is 30.3 Å². The van der Waals surface area contributed by atoms with Crippen LogP contribution in [0.2, 0.25) is 0 Å². The standard InChI is InChI=1S/C11H19NS/c1-4-12(5-2)10-8-7-9-11-13-6-3/h9,11H,4-6,10H2,1-3H3. The lowest BCUT2D eigenvalue weighted by Gasteiger charge is -2.12. The van der Waals surface area contributed by atoms with Gasteiger partial charge in [0.1, 0.15) is 0 Å². The highest BCUT2D eigenvalue weighted by Crippen LogP contribution is 1.98. The van der Waals surface area contributed by atoms with Gasteiger partial charge in [-0.1, -0.05) is 32.6 Å². The summed E-state index contributed by atoms with van der Waals surface area (Å²) < 4.78 is 0. The molecule has 0 saturated carbocycles. The Hall–Kier alpha value is -0.390. The highest BCUT2D eigenvalue weighted by Gasteiger charge is 1.92. The average molecular weight is 197 g/mol. The van der Waals surface area contributed by atoms with E-state index in [9.17, 15) is 0 Å². The molecule has 74 valence electrons. The second-order valence-corrected chi connectivity index (χ2v) is 3.72. The zero-order chi connectivity index (χ0) is 9.94.